The number of hydrogen-bond acceptors (Lipinski definition) is 2. The van der Waals surface area contributed by atoms with Gasteiger partial charge in [-0.25, -0.2) is 0 Å². The van der Waals surface area contributed by atoms with Gasteiger partial charge in [0, 0.05) is 9.26 Å². The summed E-state index contributed by atoms with van der Waals surface area (Å²) in [6.07, 6.45) is 1.04. The van der Waals surface area contributed by atoms with E-state index < -0.39 is 0 Å². The summed E-state index contributed by atoms with van der Waals surface area (Å²) in [5, 5.41) is 2.83. The molecule has 0 spiro atoms. The molecular formula is C18H20INO2. The number of halogens is 1. The number of para-hydroxylation sites is 1. The van der Waals surface area contributed by atoms with Gasteiger partial charge >= 0.3 is 0 Å². The van der Waals surface area contributed by atoms with E-state index in [0.717, 1.165) is 27.0 Å². The molecule has 2 aromatic carbocycles. The zero-order valence-corrected chi connectivity index (χ0v) is 15.0. The SMILES string of the molecule is CC[C@@H](C)c1ccccc1OCC(=O)Nc1ccc(I)cc1. The lowest BCUT2D eigenvalue weighted by Crippen LogP contribution is -2.20. The molecule has 0 heterocycles. The molecule has 0 unspecified atom stereocenters. The summed E-state index contributed by atoms with van der Waals surface area (Å²) in [4.78, 5) is 12.0. The molecule has 2 aromatic rings. The van der Waals surface area contributed by atoms with Crippen molar-refractivity contribution in [2.24, 2.45) is 0 Å². The number of ether oxygens (including phenoxy) is 1. The molecule has 1 amide bonds. The molecule has 0 radical (unpaired) electrons. The Hall–Kier alpha value is -1.56. The first-order valence-corrected chi connectivity index (χ1v) is 8.45. The summed E-state index contributed by atoms with van der Waals surface area (Å²) in [6, 6.07) is 15.6. The maximum absolute atomic E-state index is 12.0. The van der Waals surface area contributed by atoms with Gasteiger partial charge in [-0.2, -0.15) is 0 Å². The molecule has 0 aromatic heterocycles. The molecule has 0 aliphatic heterocycles. The summed E-state index contributed by atoms with van der Waals surface area (Å²) < 4.78 is 6.84. The van der Waals surface area contributed by atoms with Crippen molar-refractivity contribution in [1.82, 2.24) is 0 Å². The third-order valence-electron chi connectivity index (χ3n) is 3.55. The average Bonchev–Trinajstić information content (AvgIpc) is 2.54. The fourth-order valence-corrected chi connectivity index (χ4v) is 2.47. The lowest BCUT2D eigenvalue weighted by atomic mass is 9.98. The minimum Gasteiger partial charge on any atom is -0.483 e. The quantitative estimate of drug-likeness (QED) is 0.695. The minimum absolute atomic E-state index is 0.0133. The van der Waals surface area contributed by atoms with Gasteiger partial charge in [0.25, 0.3) is 5.91 Å². The van der Waals surface area contributed by atoms with E-state index in [-0.39, 0.29) is 12.5 Å². The number of benzene rings is 2. The van der Waals surface area contributed by atoms with Crippen LogP contribution in [0.4, 0.5) is 5.69 Å². The van der Waals surface area contributed by atoms with Crippen LogP contribution < -0.4 is 10.1 Å². The van der Waals surface area contributed by atoms with Crippen molar-refractivity contribution in [3.8, 4) is 5.75 Å². The molecule has 0 saturated heterocycles. The number of carbonyl (C=O) groups excluding carboxylic acids is 1. The Bertz CT molecular complexity index is 625. The highest BCUT2D eigenvalue weighted by Crippen LogP contribution is 2.28. The fraction of sp³-hybridized carbons (Fsp3) is 0.278. The Labute approximate surface area is 145 Å². The van der Waals surface area contributed by atoms with Gasteiger partial charge in [0.15, 0.2) is 6.61 Å². The third kappa shape index (κ3) is 4.73. The van der Waals surface area contributed by atoms with Gasteiger partial charge in [-0.05, 0) is 70.8 Å². The predicted octanol–water partition coefficient (Wildman–Crippen LogP) is 4.82. The van der Waals surface area contributed by atoms with Crippen molar-refractivity contribution in [3.63, 3.8) is 0 Å². The molecule has 0 aliphatic rings. The Kier molecular flexibility index (Phi) is 6.24. The fourth-order valence-electron chi connectivity index (χ4n) is 2.11. The summed E-state index contributed by atoms with van der Waals surface area (Å²) in [5.41, 5.74) is 1.93. The zero-order chi connectivity index (χ0) is 15.9. The number of anilines is 1. The predicted molar refractivity (Wildman–Crippen MR) is 98.4 cm³/mol. The summed E-state index contributed by atoms with van der Waals surface area (Å²) in [7, 11) is 0. The number of carbonyl (C=O) groups is 1. The Morgan fingerprint density at radius 3 is 2.55 bits per heavy atom. The van der Waals surface area contributed by atoms with Gasteiger partial charge in [0.2, 0.25) is 0 Å². The van der Waals surface area contributed by atoms with E-state index in [9.17, 15) is 4.79 Å². The molecule has 3 nitrogen and oxygen atoms in total. The first-order chi connectivity index (χ1) is 10.6. The molecule has 22 heavy (non-hydrogen) atoms. The van der Waals surface area contributed by atoms with E-state index in [1.807, 2.05) is 42.5 Å². The van der Waals surface area contributed by atoms with E-state index in [0.29, 0.717) is 5.92 Å². The van der Waals surface area contributed by atoms with Crippen molar-refractivity contribution in [1.29, 1.82) is 0 Å². The van der Waals surface area contributed by atoms with Crippen LogP contribution in [0.1, 0.15) is 31.7 Å². The molecule has 116 valence electrons. The van der Waals surface area contributed by atoms with Crippen LogP contribution in [-0.2, 0) is 4.79 Å². The number of amides is 1. The van der Waals surface area contributed by atoms with Crippen LogP contribution in [0, 0.1) is 3.57 Å². The van der Waals surface area contributed by atoms with E-state index in [2.05, 4.69) is 47.8 Å². The largest absolute Gasteiger partial charge is 0.483 e. The number of hydrogen-bond donors (Lipinski definition) is 1. The van der Waals surface area contributed by atoms with Gasteiger partial charge in [0.1, 0.15) is 5.75 Å². The van der Waals surface area contributed by atoms with Crippen LogP contribution in [0.5, 0.6) is 5.75 Å². The highest BCUT2D eigenvalue weighted by Gasteiger charge is 2.11. The van der Waals surface area contributed by atoms with Gasteiger partial charge in [0.05, 0.1) is 0 Å². The van der Waals surface area contributed by atoms with E-state index in [1.54, 1.807) is 0 Å². The van der Waals surface area contributed by atoms with Crippen LogP contribution in [0.2, 0.25) is 0 Å². The van der Waals surface area contributed by atoms with E-state index >= 15 is 0 Å². The monoisotopic (exact) mass is 409 g/mol. The van der Waals surface area contributed by atoms with Crippen molar-refractivity contribution in [3.05, 3.63) is 57.7 Å². The molecule has 0 saturated carbocycles. The summed E-state index contributed by atoms with van der Waals surface area (Å²) in [5.74, 6) is 1.05. The number of nitrogens with one attached hydrogen (secondary N) is 1. The van der Waals surface area contributed by atoms with Crippen LogP contribution in [0.15, 0.2) is 48.5 Å². The highest BCUT2D eigenvalue weighted by atomic mass is 127. The van der Waals surface area contributed by atoms with Gasteiger partial charge in [-0.3, -0.25) is 4.79 Å². The second kappa shape index (κ2) is 8.17. The topological polar surface area (TPSA) is 38.3 Å². The first kappa shape index (κ1) is 16.8. The van der Waals surface area contributed by atoms with Crippen molar-refractivity contribution in [2.75, 3.05) is 11.9 Å². The van der Waals surface area contributed by atoms with Crippen molar-refractivity contribution >= 4 is 34.2 Å². The molecule has 0 bridgehead atoms. The Balaban J connectivity index is 1.95. The first-order valence-electron chi connectivity index (χ1n) is 7.37. The van der Waals surface area contributed by atoms with E-state index in [4.69, 9.17) is 4.74 Å². The molecule has 0 aliphatic carbocycles. The van der Waals surface area contributed by atoms with Gasteiger partial charge in [-0.1, -0.05) is 32.0 Å². The zero-order valence-electron chi connectivity index (χ0n) is 12.8. The molecule has 4 heteroatoms. The highest BCUT2D eigenvalue weighted by molar-refractivity contribution is 14.1. The Morgan fingerprint density at radius 2 is 1.86 bits per heavy atom. The van der Waals surface area contributed by atoms with Gasteiger partial charge < -0.3 is 10.1 Å². The number of rotatable bonds is 6. The summed E-state index contributed by atoms with van der Waals surface area (Å²) in [6.45, 7) is 4.32. The third-order valence-corrected chi connectivity index (χ3v) is 4.27. The van der Waals surface area contributed by atoms with Gasteiger partial charge in [-0.15, -0.1) is 0 Å². The minimum atomic E-state index is -0.153. The van der Waals surface area contributed by atoms with Crippen molar-refractivity contribution < 1.29 is 9.53 Å². The maximum Gasteiger partial charge on any atom is 0.262 e. The normalized spacial score (nSPS) is 11.8. The molecule has 1 N–H and O–H groups in total. The van der Waals surface area contributed by atoms with Crippen LogP contribution >= 0.6 is 22.6 Å². The van der Waals surface area contributed by atoms with Crippen LogP contribution in [-0.4, -0.2) is 12.5 Å². The van der Waals surface area contributed by atoms with Crippen LogP contribution in [0.25, 0.3) is 0 Å². The van der Waals surface area contributed by atoms with Crippen LogP contribution in [0.3, 0.4) is 0 Å². The lowest BCUT2D eigenvalue weighted by Gasteiger charge is -2.15. The molecular weight excluding hydrogens is 389 g/mol. The maximum atomic E-state index is 12.0. The standard InChI is InChI=1S/C18H20INO2/c1-3-13(2)16-6-4-5-7-17(16)22-12-18(21)20-15-10-8-14(19)9-11-15/h4-11,13H,3,12H2,1-2H3,(H,20,21)/t13-/m1/s1. The molecule has 0 fully saturated rings. The van der Waals surface area contributed by atoms with Crippen molar-refractivity contribution in [2.45, 2.75) is 26.2 Å². The smallest absolute Gasteiger partial charge is 0.262 e. The Morgan fingerprint density at radius 1 is 1.18 bits per heavy atom. The summed E-state index contributed by atoms with van der Waals surface area (Å²) >= 11 is 2.23. The second-order valence-corrected chi connectivity index (χ2v) is 6.44. The second-order valence-electron chi connectivity index (χ2n) is 5.19. The average molecular weight is 409 g/mol. The van der Waals surface area contributed by atoms with E-state index in [1.165, 1.54) is 0 Å². The molecule has 1 atom stereocenters. The molecule has 2 rings (SSSR count). The lowest BCUT2D eigenvalue weighted by molar-refractivity contribution is -0.118.